The number of unbranched alkanes of at least 4 members (excludes halogenated alkanes) is 1. The SMILES string of the molecule is CCCCOC(=O)N1CCCCC1C(=O)N1CCC[C@@H]1C(=O)N1CCC[C@H]1CCc1cc2ccc(C#N)cc2n1CC. The maximum absolute atomic E-state index is 14.0. The first-order valence-electron chi connectivity index (χ1n) is 16.0. The molecule has 226 valence electrons. The van der Waals surface area contributed by atoms with Crippen molar-refractivity contribution in [3.8, 4) is 6.07 Å². The Morgan fingerprint density at radius 2 is 1.62 bits per heavy atom. The quantitative estimate of drug-likeness (QED) is 0.381. The summed E-state index contributed by atoms with van der Waals surface area (Å²) in [7, 11) is 0. The Morgan fingerprint density at radius 1 is 0.905 bits per heavy atom. The fourth-order valence-electron chi connectivity index (χ4n) is 7.17. The zero-order valence-corrected chi connectivity index (χ0v) is 25.2. The number of aryl methyl sites for hydroxylation is 2. The molecule has 3 amide bonds. The minimum atomic E-state index is -0.548. The summed E-state index contributed by atoms with van der Waals surface area (Å²) in [5.74, 6) is -0.0381. The number of aromatic nitrogens is 1. The van der Waals surface area contributed by atoms with Gasteiger partial charge in [0.15, 0.2) is 0 Å². The minimum Gasteiger partial charge on any atom is -0.449 e. The maximum Gasteiger partial charge on any atom is 0.410 e. The molecule has 1 aromatic heterocycles. The van der Waals surface area contributed by atoms with Gasteiger partial charge in [-0.2, -0.15) is 5.26 Å². The van der Waals surface area contributed by atoms with Gasteiger partial charge in [0, 0.05) is 43.4 Å². The van der Waals surface area contributed by atoms with Crippen LogP contribution in [0, 0.1) is 11.3 Å². The normalized spacial score (nSPS) is 22.5. The summed E-state index contributed by atoms with van der Waals surface area (Å²) in [4.78, 5) is 46.1. The first-order valence-corrected chi connectivity index (χ1v) is 16.0. The number of nitrogens with zero attached hydrogens (tertiary/aromatic N) is 5. The van der Waals surface area contributed by atoms with Crippen LogP contribution in [0.15, 0.2) is 24.3 Å². The highest BCUT2D eigenvalue weighted by Gasteiger charge is 2.44. The fourth-order valence-corrected chi connectivity index (χ4v) is 7.17. The summed E-state index contributed by atoms with van der Waals surface area (Å²) in [6.45, 7) is 7.17. The van der Waals surface area contributed by atoms with Gasteiger partial charge < -0.3 is 19.1 Å². The van der Waals surface area contributed by atoms with Crippen LogP contribution in [0.3, 0.4) is 0 Å². The standard InChI is InChI=1S/C33H45N5O4/c1-3-5-20-42-33(41)38-17-7-6-11-29(38)32(40)37-19-9-12-28(37)31(39)36-18-8-10-26(36)15-16-27-22-25-14-13-24(23-34)21-30(25)35(27)4-2/h13-14,21-22,26,28-29H,3-12,15-20H2,1-2H3/t26-,28+,29?/m0/s1. The average molecular weight is 576 g/mol. The lowest BCUT2D eigenvalue weighted by molar-refractivity contribution is -0.147. The summed E-state index contributed by atoms with van der Waals surface area (Å²) in [5.41, 5.74) is 2.97. The highest BCUT2D eigenvalue weighted by atomic mass is 16.6. The summed E-state index contributed by atoms with van der Waals surface area (Å²) >= 11 is 0. The predicted molar refractivity (Wildman–Crippen MR) is 161 cm³/mol. The van der Waals surface area contributed by atoms with Crippen LogP contribution in [0.2, 0.25) is 0 Å². The van der Waals surface area contributed by atoms with Gasteiger partial charge in [0.05, 0.1) is 18.2 Å². The number of piperidine rings is 1. The molecule has 1 aromatic carbocycles. The Bertz CT molecular complexity index is 1330. The number of fused-ring (bicyclic) bond motifs is 1. The number of ether oxygens (including phenoxy) is 1. The van der Waals surface area contributed by atoms with Crippen molar-refractivity contribution in [2.75, 3.05) is 26.2 Å². The van der Waals surface area contributed by atoms with E-state index in [2.05, 4.69) is 23.6 Å². The number of likely N-dealkylation sites (tertiary alicyclic amines) is 3. The highest BCUT2D eigenvalue weighted by Crippen LogP contribution is 2.30. The van der Waals surface area contributed by atoms with Crippen molar-refractivity contribution in [2.45, 2.75) is 109 Å². The highest BCUT2D eigenvalue weighted by molar-refractivity contribution is 5.92. The Labute approximate surface area is 249 Å². The van der Waals surface area contributed by atoms with Crippen LogP contribution < -0.4 is 0 Å². The number of benzene rings is 1. The van der Waals surface area contributed by atoms with Crippen LogP contribution in [0.5, 0.6) is 0 Å². The van der Waals surface area contributed by atoms with Gasteiger partial charge in [0.1, 0.15) is 12.1 Å². The van der Waals surface area contributed by atoms with Gasteiger partial charge in [-0.15, -0.1) is 0 Å². The lowest BCUT2D eigenvalue weighted by Crippen LogP contribution is -2.57. The molecule has 42 heavy (non-hydrogen) atoms. The second kappa shape index (κ2) is 13.6. The van der Waals surface area contributed by atoms with Crippen LogP contribution >= 0.6 is 0 Å². The number of amides is 3. The van der Waals surface area contributed by atoms with Crippen molar-refractivity contribution in [3.63, 3.8) is 0 Å². The van der Waals surface area contributed by atoms with Gasteiger partial charge in [-0.3, -0.25) is 14.5 Å². The van der Waals surface area contributed by atoms with Crippen molar-refractivity contribution in [3.05, 3.63) is 35.5 Å². The Balaban J connectivity index is 1.25. The molecular weight excluding hydrogens is 530 g/mol. The Hall–Kier alpha value is -3.54. The third-order valence-electron chi connectivity index (χ3n) is 9.40. The van der Waals surface area contributed by atoms with Crippen LogP contribution in [0.1, 0.15) is 89.3 Å². The van der Waals surface area contributed by atoms with E-state index in [0.29, 0.717) is 38.1 Å². The zero-order valence-electron chi connectivity index (χ0n) is 25.2. The molecule has 4 heterocycles. The molecule has 3 atom stereocenters. The monoisotopic (exact) mass is 575 g/mol. The second-order valence-corrected chi connectivity index (χ2v) is 12.0. The first-order chi connectivity index (χ1) is 20.5. The molecule has 9 nitrogen and oxygen atoms in total. The molecule has 0 bridgehead atoms. The summed E-state index contributed by atoms with van der Waals surface area (Å²) in [6, 6.07) is 9.42. The van der Waals surface area contributed by atoms with E-state index in [-0.39, 0.29) is 17.9 Å². The first kappa shape index (κ1) is 29.9. The van der Waals surface area contributed by atoms with Gasteiger partial charge in [-0.05, 0) is 94.7 Å². The molecule has 3 saturated heterocycles. The van der Waals surface area contributed by atoms with Crippen molar-refractivity contribution in [1.82, 2.24) is 19.3 Å². The van der Waals surface area contributed by atoms with E-state index >= 15 is 0 Å². The number of carbonyl (C=O) groups is 3. The van der Waals surface area contributed by atoms with Gasteiger partial charge in [-0.1, -0.05) is 19.4 Å². The number of hydrogen-bond acceptors (Lipinski definition) is 5. The van der Waals surface area contributed by atoms with Crippen LogP contribution in [-0.2, 0) is 27.3 Å². The lowest BCUT2D eigenvalue weighted by Gasteiger charge is -2.38. The largest absolute Gasteiger partial charge is 0.449 e. The molecule has 5 rings (SSSR count). The molecule has 0 aliphatic carbocycles. The second-order valence-electron chi connectivity index (χ2n) is 12.0. The minimum absolute atomic E-state index is 0.0610. The molecule has 0 radical (unpaired) electrons. The Morgan fingerprint density at radius 3 is 2.40 bits per heavy atom. The topological polar surface area (TPSA) is 98.9 Å². The van der Waals surface area contributed by atoms with Gasteiger partial charge >= 0.3 is 6.09 Å². The van der Waals surface area contributed by atoms with E-state index in [9.17, 15) is 19.6 Å². The molecule has 0 N–H and O–H groups in total. The molecule has 3 aliphatic rings. The predicted octanol–water partition coefficient (Wildman–Crippen LogP) is 5.24. The molecular formula is C33H45N5O4. The van der Waals surface area contributed by atoms with Gasteiger partial charge in [0.2, 0.25) is 11.8 Å². The third kappa shape index (κ3) is 6.13. The van der Waals surface area contributed by atoms with E-state index < -0.39 is 18.2 Å². The molecule has 3 aliphatic heterocycles. The average Bonchev–Trinajstić information content (AvgIpc) is 3.77. The zero-order chi connectivity index (χ0) is 29.6. The van der Waals surface area contributed by atoms with Crippen molar-refractivity contribution < 1.29 is 19.1 Å². The van der Waals surface area contributed by atoms with Crippen LogP contribution in [-0.4, -0.2) is 81.5 Å². The maximum atomic E-state index is 14.0. The fraction of sp³-hybridized carbons (Fsp3) is 0.636. The van der Waals surface area contributed by atoms with Crippen molar-refractivity contribution in [1.29, 1.82) is 5.26 Å². The number of carbonyl (C=O) groups excluding carboxylic acids is 3. The van der Waals surface area contributed by atoms with Crippen LogP contribution in [0.4, 0.5) is 4.79 Å². The van der Waals surface area contributed by atoms with Crippen LogP contribution in [0.25, 0.3) is 10.9 Å². The van der Waals surface area contributed by atoms with Crippen molar-refractivity contribution >= 4 is 28.8 Å². The summed E-state index contributed by atoms with van der Waals surface area (Å²) in [6.07, 6.45) is 8.85. The molecule has 9 heteroatoms. The Kier molecular flexibility index (Phi) is 9.71. The van der Waals surface area contributed by atoms with E-state index in [0.717, 1.165) is 81.8 Å². The summed E-state index contributed by atoms with van der Waals surface area (Å²) < 4.78 is 7.75. The lowest BCUT2D eigenvalue weighted by atomic mass is 10.0. The molecule has 1 unspecified atom stereocenters. The molecule has 0 spiro atoms. The smallest absolute Gasteiger partial charge is 0.410 e. The molecule has 3 fully saturated rings. The number of nitriles is 1. The number of hydrogen-bond donors (Lipinski definition) is 0. The van der Waals surface area contributed by atoms with E-state index in [4.69, 9.17) is 4.74 Å². The molecule has 0 saturated carbocycles. The summed E-state index contributed by atoms with van der Waals surface area (Å²) in [5, 5.41) is 10.5. The van der Waals surface area contributed by atoms with E-state index in [1.807, 2.05) is 30.0 Å². The third-order valence-corrected chi connectivity index (χ3v) is 9.40. The van der Waals surface area contributed by atoms with E-state index in [1.54, 1.807) is 9.80 Å². The van der Waals surface area contributed by atoms with E-state index in [1.165, 1.54) is 5.69 Å². The number of rotatable bonds is 9. The molecule has 2 aromatic rings. The van der Waals surface area contributed by atoms with Gasteiger partial charge in [-0.25, -0.2) is 4.79 Å². The van der Waals surface area contributed by atoms with Crippen molar-refractivity contribution in [2.24, 2.45) is 0 Å². The van der Waals surface area contributed by atoms with Gasteiger partial charge in [0.25, 0.3) is 0 Å².